The van der Waals surface area contributed by atoms with Crippen molar-refractivity contribution in [2.24, 2.45) is 0 Å². The quantitative estimate of drug-likeness (QED) is 0.471. The van der Waals surface area contributed by atoms with Crippen molar-refractivity contribution in [1.29, 1.82) is 0 Å². The summed E-state index contributed by atoms with van der Waals surface area (Å²) >= 11 is 0. The van der Waals surface area contributed by atoms with Crippen LogP contribution >= 0.6 is 0 Å². The summed E-state index contributed by atoms with van der Waals surface area (Å²) in [7, 11) is -5.59. The molecule has 1 aliphatic rings. The van der Waals surface area contributed by atoms with Gasteiger partial charge in [-0.15, -0.1) is 0 Å². The number of aryl methyl sites for hydroxylation is 2. The van der Waals surface area contributed by atoms with Crippen LogP contribution in [0.3, 0.4) is 0 Å². The van der Waals surface area contributed by atoms with Crippen molar-refractivity contribution in [3.63, 3.8) is 0 Å². The average molecular weight is 523 g/mol. The Labute approximate surface area is 207 Å². The summed E-state index contributed by atoms with van der Waals surface area (Å²) in [6.45, 7) is 1.05. The molecule has 1 aliphatic heterocycles. The minimum Gasteiger partial charge on any atom is -0.396 e. The number of benzene rings is 2. The minimum absolute atomic E-state index is 0.0959. The molecule has 3 aromatic rings. The number of hydrogen-bond acceptors (Lipinski definition) is 5. The van der Waals surface area contributed by atoms with E-state index in [0.717, 1.165) is 11.8 Å². The molecule has 0 amide bonds. The Morgan fingerprint density at radius 2 is 1.83 bits per heavy atom. The van der Waals surface area contributed by atoms with Gasteiger partial charge in [0.25, 0.3) is 0 Å². The van der Waals surface area contributed by atoms with Gasteiger partial charge in [-0.05, 0) is 48.6 Å². The summed E-state index contributed by atoms with van der Waals surface area (Å²) in [6.07, 6.45) is 1.89. The number of hydrogen-bond donors (Lipinski definition) is 1. The molecule has 1 aromatic heterocycles. The molecule has 36 heavy (non-hydrogen) atoms. The molecule has 0 saturated heterocycles. The second kappa shape index (κ2) is 10.1. The number of nitrogens with two attached hydrogens (primary N) is 1. The van der Waals surface area contributed by atoms with Gasteiger partial charge in [-0.1, -0.05) is 42.5 Å². The van der Waals surface area contributed by atoms with E-state index in [1.807, 2.05) is 35.2 Å². The van der Waals surface area contributed by atoms with Crippen molar-refractivity contribution in [3.8, 4) is 0 Å². The molecule has 6 nitrogen and oxygen atoms in total. The van der Waals surface area contributed by atoms with Gasteiger partial charge < -0.3 is 10.6 Å². The van der Waals surface area contributed by atoms with Crippen LogP contribution in [0, 0.1) is 12.7 Å². The van der Waals surface area contributed by atoms with Crippen molar-refractivity contribution in [2.75, 3.05) is 17.2 Å². The summed E-state index contributed by atoms with van der Waals surface area (Å²) in [5.74, 6) is -0.672. The van der Waals surface area contributed by atoms with E-state index in [-0.39, 0.29) is 18.8 Å². The number of nitrogens with zero attached hydrogens (tertiary/aromatic N) is 3. The van der Waals surface area contributed by atoms with Crippen LogP contribution in [0.15, 0.2) is 60.8 Å². The normalized spacial score (nSPS) is 17.0. The molecule has 0 fully saturated rings. The van der Waals surface area contributed by atoms with Crippen LogP contribution in [0.1, 0.15) is 28.8 Å². The van der Waals surface area contributed by atoms with Crippen molar-refractivity contribution in [2.45, 2.75) is 44.4 Å². The van der Waals surface area contributed by atoms with Gasteiger partial charge in [-0.25, -0.2) is 12.8 Å². The highest BCUT2D eigenvalue weighted by Crippen LogP contribution is 2.37. The highest BCUT2D eigenvalue weighted by Gasteiger charge is 2.51. The second-order valence-corrected chi connectivity index (χ2v) is 10.7. The van der Waals surface area contributed by atoms with E-state index in [1.165, 1.54) is 6.07 Å². The second-order valence-electron chi connectivity index (χ2n) is 8.82. The third kappa shape index (κ3) is 5.31. The molecule has 0 aliphatic carbocycles. The van der Waals surface area contributed by atoms with Crippen molar-refractivity contribution in [3.05, 3.63) is 89.0 Å². The molecule has 4 rings (SSSR count). The van der Waals surface area contributed by atoms with E-state index < -0.39 is 33.9 Å². The maximum Gasteiger partial charge on any atom is 0.511 e. The zero-order valence-corrected chi connectivity index (χ0v) is 20.4. The lowest BCUT2D eigenvalue weighted by molar-refractivity contribution is -0.0492. The smallest absolute Gasteiger partial charge is 0.396 e. The Kier molecular flexibility index (Phi) is 7.24. The van der Waals surface area contributed by atoms with E-state index in [4.69, 9.17) is 5.73 Å². The van der Waals surface area contributed by atoms with E-state index in [9.17, 15) is 26.0 Å². The standard InChI is InChI=1S/C25H26F4N4O2S/c1-17-6-5-9-24-21(17)16-32(36(34,35)25(27,28)29)15-20(11-10-18-7-3-2-4-8-18)33(24)14-19-12-23(30)22(26)13-31-19/h2-9,12-13,20H,10-11,14-16H2,1H3,(H2,30,31)/t20-/m0/s1. The molecule has 0 spiro atoms. The maximum atomic E-state index is 13.7. The molecular formula is C25H26F4N4O2S. The Bertz CT molecular complexity index is 1330. The molecule has 0 unspecified atom stereocenters. The first kappa shape index (κ1) is 25.9. The Morgan fingerprint density at radius 3 is 2.50 bits per heavy atom. The van der Waals surface area contributed by atoms with Crippen LogP contribution in [-0.4, -0.2) is 35.8 Å². The molecule has 1 atom stereocenters. The lowest BCUT2D eigenvalue weighted by atomic mass is 10.0. The number of aromatic nitrogens is 1. The van der Waals surface area contributed by atoms with Crippen molar-refractivity contribution < 1.29 is 26.0 Å². The predicted octanol–water partition coefficient (Wildman–Crippen LogP) is 4.78. The van der Waals surface area contributed by atoms with E-state index >= 15 is 0 Å². The van der Waals surface area contributed by atoms with Gasteiger partial charge in [-0.3, -0.25) is 4.98 Å². The first-order chi connectivity index (χ1) is 17.0. The largest absolute Gasteiger partial charge is 0.511 e. The summed E-state index contributed by atoms with van der Waals surface area (Å²) in [4.78, 5) is 5.97. The van der Waals surface area contributed by atoms with E-state index in [2.05, 4.69) is 4.98 Å². The molecule has 0 saturated carbocycles. The van der Waals surface area contributed by atoms with E-state index in [1.54, 1.807) is 25.1 Å². The first-order valence-electron chi connectivity index (χ1n) is 11.3. The van der Waals surface area contributed by atoms with Crippen LogP contribution in [0.2, 0.25) is 0 Å². The van der Waals surface area contributed by atoms with Crippen LogP contribution in [0.4, 0.5) is 28.9 Å². The number of halogens is 4. The van der Waals surface area contributed by atoms with Gasteiger partial charge in [-0.2, -0.15) is 17.5 Å². The Balaban J connectivity index is 1.80. The lowest BCUT2D eigenvalue weighted by Crippen LogP contribution is -2.47. The number of rotatable bonds is 6. The van der Waals surface area contributed by atoms with Crippen LogP contribution in [0.5, 0.6) is 0 Å². The summed E-state index contributed by atoms with van der Waals surface area (Å²) in [6, 6.07) is 15.4. The highest BCUT2D eigenvalue weighted by molar-refractivity contribution is 7.89. The number of anilines is 2. The third-order valence-electron chi connectivity index (χ3n) is 6.40. The molecule has 2 N–H and O–H groups in total. The SMILES string of the molecule is Cc1cccc2c1CN(S(=O)(=O)C(F)(F)F)C[C@H](CCc1ccccc1)N2Cc1cc(N)c(F)cn1. The van der Waals surface area contributed by atoms with Crippen molar-refractivity contribution >= 4 is 21.4 Å². The molecule has 2 aromatic carbocycles. The predicted molar refractivity (Wildman–Crippen MR) is 130 cm³/mol. The number of fused-ring (bicyclic) bond motifs is 1. The number of alkyl halides is 3. The van der Waals surface area contributed by atoms with Crippen molar-refractivity contribution in [1.82, 2.24) is 9.29 Å². The van der Waals surface area contributed by atoms with Crippen LogP contribution < -0.4 is 10.6 Å². The fourth-order valence-corrected chi connectivity index (χ4v) is 5.42. The number of sulfonamides is 1. The zero-order valence-electron chi connectivity index (χ0n) is 19.5. The molecule has 192 valence electrons. The maximum absolute atomic E-state index is 13.7. The molecule has 11 heteroatoms. The molecule has 2 heterocycles. The summed E-state index contributed by atoms with van der Waals surface area (Å²) < 4.78 is 80.3. The van der Waals surface area contributed by atoms with Gasteiger partial charge >= 0.3 is 15.5 Å². The van der Waals surface area contributed by atoms with Gasteiger partial charge in [0.15, 0.2) is 5.82 Å². The monoisotopic (exact) mass is 522 g/mol. The highest BCUT2D eigenvalue weighted by atomic mass is 32.2. The van der Waals surface area contributed by atoms with Gasteiger partial charge in [0.1, 0.15) is 0 Å². The fraction of sp³-hybridized carbons (Fsp3) is 0.320. The molecule has 0 radical (unpaired) electrons. The lowest BCUT2D eigenvalue weighted by Gasteiger charge is -2.34. The zero-order chi connectivity index (χ0) is 26.1. The van der Waals surface area contributed by atoms with E-state index in [0.29, 0.717) is 39.7 Å². The third-order valence-corrected chi connectivity index (χ3v) is 7.94. The Morgan fingerprint density at radius 1 is 1.11 bits per heavy atom. The Hall–Kier alpha value is -3.18. The van der Waals surface area contributed by atoms with Crippen LogP contribution in [-0.2, 0) is 29.5 Å². The number of nitrogen functional groups attached to an aromatic ring is 1. The van der Waals surface area contributed by atoms with Crippen LogP contribution in [0.25, 0.3) is 0 Å². The van der Waals surface area contributed by atoms with Gasteiger partial charge in [0, 0.05) is 24.8 Å². The average Bonchev–Trinajstić information content (AvgIpc) is 2.98. The van der Waals surface area contributed by atoms with Gasteiger partial charge in [0.05, 0.1) is 24.1 Å². The van der Waals surface area contributed by atoms with Gasteiger partial charge in [0.2, 0.25) is 0 Å². The summed E-state index contributed by atoms with van der Waals surface area (Å²) in [5.41, 5.74) is 3.33. The molecular weight excluding hydrogens is 496 g/mol. The molecule has 0 bridgehead atoms. The topological polar surface area (TPSA) is 79.5 Å². The fourth-order valence-electron chi connectivity index (χ4n) is 4.46. The minimum atomic E-state index is -5.59. The first-order valence-corrected chi connectivity index (χ1v) is 12.8. The number of pyridine rings is 1. The summed E-state index contributed by atoms with van der Waals surface area (Å²) in [5, 5.41) is 0.